The van der Waals surface area contributed by atoms with E-state index in [1.807, 2.05) is 12.1 Å². The summed E-state index contributed by atoms with van der Waals surface area (Å²) in [5.41, 5.74) is 8.17. The van der Waals surface area contributed by atoms with Crippen LogP contribution in [0.2, 0.25) is 0 Å². The molecule has 1 aliphatic heterocycles. The lowest BCUT2D eigenvalue weighted by atomic mass is 9.86. The molecule has 1 aliphatic carbocycles. The Morgan fingerprint density at radius 1 is 1.35 bits per heavy atom. The highest BCUT2D eigenvalue weighted by Crippen LogP contribution is 2.41. The summed E-state index contributed by atoms with van der Waals surface area (Å²) in [6.07, 6.45) is 6.93. The lowest BCUT2D eigenvalue weighted by Gasteiger charge is -2.33. The number of pyridine rings is 1. The van der Waals surface area contributed by atoms with Crippen molar-refractivity contribution in [3.05, 3.63) is 53.1 Å². The van der Waals surface area contributed by atoms with E-state index in [0.29, 0.717) is 23.4 Å². The minimum absolute atomic E-state index is 0.106. The van der Waals surface area contributed by atoms with E-state index in [2.05, 4.69) is 15.4 Å². The summed E-state index contributed by atoms with van der Waals surface area (Å²) in [4.78, 5) is 28.3. The van der Waals surface area contributed by atoms with Crippen molar-refractivity contribution in [3.8, 4) is 0 Å². The molecule has 1 unspecified atom stereocenters. The Morgan fingerprint density at radius 3 is 2.96 bits per heavy atom. The second kappa shape index (κ2) is 5.05. The summed E-state index contributed by atoms with van der Waals surface area (Å²) < 4.78 is 1.65. The van der Waals surface area contributed by atoms with Crippen LogP contribution in [-0.2, 0) is 4.79 Å². The SMILES string of the molecule is NC(=O)c1cnn2c1NC1=C(C(=O)CCC1)C2c1cccnc1. The number of carbonyl (C=O) groups excluding carboxylic acids is 2. The average molecular weight is 309 g/mol. The first-order valence-electron chi connectivity index (χ1n) is 7.47. The zero-order valence-corrected chi connectivity index (χ0v) is 12.3. The summed E-state index contributed by atoms with van der Waals surface area (Å²) in [7, 11) is 0. The molecule has 0 fully saturated rings. The number of amides is 1. The van der Waals surface area contributed by atoms with E-state index in [4.69, 9.17) is 5.73 Å². The van der Waals surface area contributed by atoms with E-state index in [9.17, 15) is 9.59 Å². The van der Waals surface area contributed by atoms with E-state index in [1.54, 1.807) is 17.1 Å². The first-order chi connectivity index (χ1) is 11.2. The van der Waals surface area contributed by atoms with Gasteiger partial charge in [-0.25, -0.2) is 4.68 Å². The van der Waals surface area contributed by atoms with Crippen LogP contribution in [-0.4, -0.2) is 26.5 Å². The Morgan fingerprint density at radius 2 is 2.22 bits per heavy atom. The van der Waals surface area contributed by atoms with Gasteiger partial charge in [0.2, 0.25) is 0 Å². The van der Waals surface area contributed by atoms with Crippen molar-refractivity contribution in [2.24, 2.45) is 5.73 Å². The quantitative estimate of drug-likeness (QED) is 0.873. The van der Waals surface area contributed by atoms with Crippen molar-refractivity contribution in [3.63, 3.8) is 0 Å². The third-order valence-corrected chi connectivity index (χ3v) is 4.30. The van der Waals surface area contributed by atoms with Crippen molar-refractivity contribution >= 4 is 17.5 Å². The summed E-state index contributed by atoms with van der Waals surface area (Å²) in [6, 6.07) is 3.35. The monoisotopic (exact) mass is 309 g/mol. The first-order valence-corrected chi connectivity index (χ1v) is 7.47. The van der Waals surface area contributed by atoms with Crippen LogP contribution in [0.3, 0.4) is 0 Å². The number of nitrogens with two attached hydrogens (primary N) is 1. The fourth-order valence-electron chi connectivity index (χ4n) is 3.28. The van der Waals surface area contributed by atoms with Gasteiger partial charge in [-0.3, -0.25) is 14.6 Å². The number of aromatic nitrogens is 3. The molecule has 7 heteroatoms. The summed E-state index contributed by atoms with van der Waals surface area (Å²) in [5.74, 6) is 0.101. The number of primary amides is 1. The average Bonchev–Trinajstić information content (AvgIpc) is 2.97. The molecule has 116 valence electrons. The fraction of sp³-hybridized carbons (Fsp3) is 0.250. The van der Waals surface area contributed by atoms with Crippen LogP contribution in [0.1, 0.15) is 41.2 Å². The molecule has 3 heterocycles. The van der Waals surface area contributed by atoms with Gasteiger partial charge in [0.1, 0.15) is 17.4 Å². The molecule has 2 aliphatic rings. The Hall–Kier alpha value is -2.96. The molecular formula is C16H15N5O2. The molecule has 0 saturated heterocycles. The van der Waals surface area contributed by atoms with E-state index >= 15 is 0 Å². The molecule has 0 aromatic carbocycles. The summed E-state index contributed by atoms with van der Waals surface area (Å²) >= 11 is 0. The molecular weight excluding hydrogens is 294 g/mol. The van der Waals surface area contributed by atoms with E-state index in [-0.39, 0.29) is 11.8 Å². The molecule has 0 saturated carbocycles. The van der Waals surface area contributed by atoms with Crippen molar-refractivity contribution < 1.29 is 9.59 Å². The van der Waals surface area contributed by atoms with Crippen molar-refractivity contribution in [2.45, 2.75) is 25.3 Å². The highest BCUT2D eigenvalue weighted by atomic mass is 16.1. The molecule has 0 bridgehead atoms. The number of nitrogens with zero attached hydrogens (tertiary/aromatic N) is 3. The third-order valence-electron chi connectivity index (χ3n) is 4.30. The third kappa shape index (κ3) is 2.04. The number of allylic oxidation sites excluding steroid dienone is 2. The zero-order chi connectivity index (χ0) is 16.0. The number of carbonyl (C=O) groups is 2. The Bertz CT molecular complexity index is 837. The summed E-state index contributed by atoms with van der Waals surface area (Å²) in [6.45, 7) is 0. The van der Waals surface area contributed by atoms with Crippen LogP contribution in [0.15, 0.2) is 42.0 Å². The number of fused-ring (bicyclic) bond motifs is 1. The maximum absolute atomic E-state index is 12.5. The normalized spacial score (nSPS) is 19.8. The fourth-order valence-corrected chi connectivity index (χ4v) is 3.28. The number of rotatable bonds is 2. The van der Waals surface area contributed by atoms with Crippen LogP contribution in [0.4, 0.5) is 5.82 Å². The molecule has 0 spiro atoms. The molecule has 2 aromatic heterocycles. The van der Waals surface area contributed by atoms with Crippen LogP contribution in [0.5, 0.6) is 0 Å². The van der Waals surface area contributed by atoms with Gasteiger partial charge in [0.15, 0.2) is 5.78 Å². The molecule has 0 radical (unpaired) electrons. The molecule has 3 N–H and O–H groups in total. The van der Waals surface area contributed by atoms with Crippen LogP contribution < -0.4 is 11.1 Å². The lowest BCUT2D eigenvalue weighted by Crippen LogP contribution is -2.32. The van der Waals surface area contributed by atoms with Gasteiger partial charge in [-0.1, -0.05) is 6.07 Å². The second-order valence-electron chi connectivity index (χ2n) is 5.70. The smallest absolute Gasteiger partial charge is 0.254 e. The predicted octanol–water partition coefficient (Wildman–Crippen LogP) is 1.40. The molecule has 1 amide bonds. The number of hydrogen-bond acceptors (Lipinski definition) is 5. The van der Waals surface area contributed by atoms with E-state index in [1.165, 1.54) is 6.20 Å². The van der Waals surface area contributed by atoms with Gasteiger partial charge < -0.3 is 11.1 Å². The standard InChI is InChI=1S/C16H15N5O2/c17-15(23)10-8-19-21-14(9-3-2-6-18-7-9)13-11(20-16(10)21)4-1-5-12(13)22/h2-3,6-8,14,20H,1,4-5H2,(H2,17,23). The van der Waals surface area contributed by atoms with Gasteiger partial charge in [0, 0.05) is 30.1 Å². The zero-order valence-electron chi connectivity index (χ0n) is 12.3. The molecule has 2 aromatic rings. The van der Waals surface area contributed by atoms with Gasteiger partial charge in [0.05, 0.1) is 6.20 Å². The number of anilines is 1. The molecule has 23 heavy (non-hydrogen) atoms. The van der Waals surface area contributed by atoms with E-state index in [0.717, 1.165) is 24.1 Å². The number of hydrogen-bond donors (Lipinski definition) is 2. The van der Waals surface area contributed by atoms with Crippen molar-refractivity contribution in [2.75, 3.05) is 5.32 Å². The number of nitrogens with one attached hydrogen (secondary N) is 1. The summed E-state index contributed by atoms with van der Waals surface area (Å²) in [5, 5.41) is 7.50. The van der Waals surface area contributed by atoms with Crippen LogP contribution in [0.25, 0.3) is 0 Å². The van der Waals surface area contributed by atoms with E-state index < -0.39 is 5.91 Å². The Labute approximate surface area is 132 Å². The first kappa shape index (κ1) is 13.7. The topological polar surface area (TPSA) is 103 Å². The van der Waals surface area contributed by atoms with Gasteiger partial charge in [-0.2, -0.15) is 5.10 Å². The highest BCUT2D eigenvalue weighted by molar-refractivity contribution is 6.02. The minimum atomic E-state index is -0.546. The Kier molecular flexibility index (Phi) is 3.00. The lowest BCUT2D eigenvalue weighted by molar-refractivity contribution is -0.116. The Balaban J connectivity index is 1.95. The van der Waals surface area contributed by atoms with Gasteiger partial charge in [-0.05, 0) is 24.5 Å². The van der Waals surface area contributed by atoms with Crippen LogP contribution in [0, 0.1) is 0 Å². The van der Waals surface area contributed by atoms with Crippen molar-refractivity contribution in [1.29, 1.82) is 0 Å². The minimum Gasteiger partial charge on any atom is -0.365 e. The highest BCUT2D eigenvalue weighted by Gasteiger charge is 2.37. The van der Waals surface area contributed by atoms with Crippen LogP contribution >= 0.6 is 0 Å². The maximum Gasteiger partial charge on any atom is 0.254 e. The largest absolute Gasteiger partial charge is 0.365 e. The number of ketones is 1. The molecule has 4 rings (SSSR count). The molecule has 1 atom stereocenters. The molecule has 7 nitrogen and oxygen atoms in total. The predicted molar refractivity (Wildman–Crippen MR) is 82.6 cm³/mol. The van der Waals surface area contributed by atoms with Gasteiger partial charge >= 0.3 is 0 Å². The van der Waals surface area contributed by atoms with Gasteiger partial charge in [-0.15, -0.1) is 0 Å². The van der Waals surface area contributed by atoms with Gasteiger partial charge in [0.25, 0.3) is 5.91 Å². The number of Topliss-reactive ketones (excluding diaryl/α,β-unsaturated/α-hetero) is 1. The second-order valence-corrected chi connectivity index (χ2v) is 5.70. The maximum atomic E-state index is 12.5. The van der Waals surface area contributed by atoms with Crippen molar-refractivity contribution in [1.82, 2.24) is 14.8 Å².